The van der Waals surface area contributed by atoms with E-state index in [2.05, 4.69) is 6.58 Å². The van der Waals surface area contributed by atoms with Gasteiger partial charge in [0.15, 0.2) is 0 Å². The van der Waals surface area contributed by atoms with Crippen LogP contribution in [0.3, 0.4) is 0 Å². The Morgan fingerprint density at radius 3 is 2.55 bits per heavy atom. The molecule has 0 heterocycles. The molecule has 2 rings (SSSR count). The fourth-order valence-corrected chi connectivity index (χ4v) is 2.34. The molecule has 0 aromatic heterocycles. The summed E-state index contributed by atoms with van der Waals surface area (Å²) in [4.78, 5) is 0. The lowest BCUT2D eigenvalue weighted by Crippen LogP contribution is -1.96. The minimum Gasteiger partial charge on any atom is -0.508 e. The maximum absolute atomic E-state index is 9.89. The van der Waals surface area contributed by atoms with Gasteiger partial charge in [0, 0.05) is 11.6 Å². The first-order chi connectivity index (χ1) is 10.6. The van der Waals surface area contributed by atoms with Gasteiger partial charge in [-0.15, -0.1) is 6.58 Å². The number of hydrogen-bond donors (Lipinski definition) is 1. The topological polar surface area (TPSA) is 29.5 Å². The molecule has 2 aromatic carbocycles. The fourth-order valence-electron chi connectivity index (χ4n) is 2.34. The van der Waals surface area contributed by atoms with Gasteiger partial charge in [-0.2, -0.15) is 0 Å². The van der Waals surface area contributed by atoms with Crippen molar-refractivity contribution in [1.82, 2.24) is 0 Å². The van der Waals surface area contributed by atoms with Gasteiger partial charge in [0.1, 0.15) is 11.5 Å². The van der Waals surface area contributed by atoms with Gasteiger partial charge in [-0.1, -0.05) is 48.1 Å². The fraction of sp³-hybridized carbons (Fsp3) is 0.200. The normalized spacial score (nSPS) is 10.8. The van der Waals surface area contributed by atoms with Gasteiger partial charge >= 0.3 is 0 Å². The number of rotatable bonds is 6. The molecule has 0 amide bonds. The first-order valence-corrected chi connectivity index (χ1v) is 7.37. The average molecular weight is 294 g/mol. The largest absolute Gasteiger partial charge is 0.508 e. The first-order valence-electron chi connectivity index (χ1n) is 7.37. The zero-order chi connectivity index (χ0) is 15.9. The van der Waals surface area contributed by atoms with Crippen LogP contribution in [0.5, 0.6) is 11.5 Å². The van der Waals surface area contributed by atoms with Gasteiger partial charge in [-0.3, -0.25) is 0 Å². The van der Waals surface area contributed by atoms with Gasteiger partial charge in [0.05, 0.1) is 7.11 Å². The predicted molar refractivity (Wildman–Crippen MR) is 93.2 cm³/mol. The van der Waals surface area contributed by atoms with Crippen molar-refractivity contribution in [3.8, 4) is 11.5 Å². The van der Waals surface area contributed by atoms with Crippen LogP contribution in [0.2, 0.25) is 0 Å². The molecule has 0 aliphatic rings. The quantitative estimate of drug-likeness (QED) is 0.594. The summed E-state index contributed by atoms with van der Waals surface area (Å²) in [5.74, 6) is 0.928. The Morgan fingerprint density at radius 2 is 1.91 bits per heavy atom. The lowest BCUT2D eigenvalue weighted by molar-refractivity contribution is 0.402. The minimum absolute atomic E-state index is 0.212. The molecule has 0 atom stereocenters. The Morgan fingerprint density at radius 1 is 1.18 bits per heavy atom. The van der Waals surface area contributed by atoms with E-state index in [0.717, 1.165) is 35.1 Å². The van der Waals surface area contributed by atoms with Gasteiger partial charge in [0.25, 0.3) is 0 Å². The second-order valence-electron chi connectivity index (χ2n) is 5.42. The number of phenols is 1. The van der Waals surface area contributed by atoms with E-state index in [4.69, 9.17) is 4.74 Å². The molecule has 0 saturated heterocycles. The average Bonchev–Trinajstić information content (AvgIpc) is 2.52. The number of ether oxygens (including phenoxy) is 1. The van der Waals surface area contributed by atoms with Crippen molar-refractivity contribution < 1.29 is 9.84 Å². The van der Waals surface area contributed by atoms with Gasteiger partial charge in [-0.25, -0.2) is 0 Å². The van der Waals surface area contributed by atoms with Crippen molar-refractivity contribution in [2.45, 2.75) is 19.8 Å². The molecule has 0 radical (unpaired) electrons. The van der Waals surface area contributed by atoms with E-state index >= 15 is 0 Å². The number of hydrogen-bond acceptors (Lipinski definition) is 2. The molecule has 0 aliphatic heterocycles. The Kier molecular flexibility index (Phi) is 5.42. The van der Waals surface area contributed by atoms with E-state index in [1.165, 1.54) is 0 Å². The van der Waals surface area contributed by atoms with Crippen molar-refractivity contribution in [2.24, 2.45) is 0 Å². The van der Waals surface area contributed by atoms with Crippen LogP contribution < -0.4 is 4.74 Å². The summed E-state index contributed by atoms with van der Waals surface area (Å²) < 4.78 is 5.43. The van der Waals surface area contributed by atoms with Crippen molar-refractivity contribution in [2.75, 3.05) is 7.11 Å². The summed E-state index contributed by atoms with van der Waals surface area (Å²) in [5.41, 5.74) is 4.32. The molecule has 2 aromatic rings. The third kappa shape index (κ3) is 4.26. The third-order valence-corrected chi connectivity index (χ3v) is 3.50. The third-order valence-electron chi connectivity index (χ3n) is 3.50. The van der Waals surface area contributed by atoms with Crippen molar-refractivity contribution >= 4 is 12.2 Å². The van der Waals surface area contributed by atoms with Crippen molar-refractivity contribution in [3.05, 3.63) is 71.3 Å². The van der Waals surface area contributed by atoms with Crippen molar-refractivity contribution in [3.63, 3.8) is 0 Å². The Bertz CT molecular complexity index is 670. The van der Waals surface area contributed by atoms with E-state index in [-0.39, 0.29) is 5.75 Å². The van der Waals surface area contributed by atoms with Crippen LogP contribution in [0.4, 0.5) is 0 Å². The molecule has 22 heavy (non-hydrogen) atoms. The molecule has 0 spiro atoms. The number of benzene rings is 2. The predicted octanol–water partition coefficient (Wildman–Crippen LogP) is 5.08. The number of allylic oxidation sites excluding steroid dienone is 1. The zero-order valence-electron chi connectivity index (χ0n) is 13.2. The summed E-state index contributed by atoms with van der Waals surface area (Å²) in [6, 6.07) is 13.5. The molecular weight excluding hydrogens is 272 g/mol. The van der Waals surface area contributed by atoms with E-state index in [0.29, 0.717) is 5.75 Å². The zero-order valence-corrected chi connectivity index (χ0v) is 13.2. The Hall–Kier alpha value is -2.48. The number of aromatic hydroxyl groups is 1. The number of phenolic OH excluding ortho intramolecular Hbond substituents is 1. The highest BCUT2D eigenvalue weighted by Gasteiger charge is 2.10. The van der Waals surface area contributed by atoms with Gasteiger partial charge < -0.3 is 9.84 Å². The summed E-state index contributed by atoms with van der Waals surface area (Å²) in [7, 11) is 1.63. The lowest BCUT2D eigenvalue weighted by atomic mass is 9.98. The van der Waals surface area contributed by atoms with E-state index in [1.807, 2.05) is 49.4 Å². The molecular formula is C20H22O2. The second-order valence-corrected chi connectivity index (χ2v) is 5.42. The monoisotopic (exact) mass is 294 g/mol. The van der Waals surface area contributed by atoms with Crippen LogP contribution in [-0.4, -0.2) is 12.2 Å². The van der Waals surface area contributed by atoms with Crippen LogP contribution in [0.15, 0.2) is 54.6 Å². The maximum atomic E-state index is 9.89. The summed E-state index contributed by atoms with van der Waals surface area (Å²) in [6.45, 7) is 5.98. The molecule has 1 N–H and O–H groups in total. The molecule has 2 nitrogen and oxygen atoms in total. The lowest BCUT2D eigenvalue weighted by Gasteiger charge is -2.13. The standard InChI is InChI=1S/C20H22O2/c1-15(2)9-12-19-17(13-18(21)14-20(19)22-3)11-10-16-7-5-4-6-8-16/h4-8,10-11,13-14,21H,1,9,12H2,2-3H3. The van der Waals surface area contributed by atoms with Crippen LogP contribution in [0.1, 0.15) is 30.0 Å². The Balaban J connectivity index is 2.37. The van der Waals surface area contributed by atoms with Gasteiger partial charge in [0.2, 0.25) is 0 Å². The smallest absolute Gasteiger partial charge is 0.126 e. The minimum atomic E-state index is 0.212. The maximum Gasteiger partial charge on any atom is 0.126 e. The van der Waals surface area contributed by atoms with Crippen LogP contribution in [0, 0.1) is 0 Å². The van der Waals surface area contributed by atoms with Gasteiger partial charge in [-0.05, 0) is 37.0 Å². The van der Waals surface area contributed by atoms with E-state index < -0.39 is 0 Å². The molecule has 114 valence electrons. The Labute approximate surface area is 132 Å². The molecule has 0 bridgehead atoms. The summed E-state index contributed by atoms with van der Waals surface area (Å²) >= 11 is 0. The van der Waals surface area contributed by atoms with Crippen molar-refractivity contribution in [1.29, 1.82) is 0 Å². The van der Waals surface area contributed by atoms with Crippen LogP contribution >= 0.6 is 0 Å². The highest BCUT2D eigenvalue weighted by atomic mass is 16.5. The number of methoxy groups -OCH3 is 1. The highest BCUT2D eigenvalue weighted by Crippen LogP contribution is 2.31. The molecule has 0 fully saturated rings. The summed E-state index contributed by atoms with van der Waals surface area (Å²) in [5, 5.41) is 9.89. The molecule has 0 aliphatic carbocycles. The van der Waals surface area contributed by atoms with E-state index in [1.54, 1.807) is 19.2 Å². The molecule has 0 unspecified atom stereocenters. The summed E-state index contributed by atoms with van der Waals surface area (Å²) in [6.07, 6.45) is 5.80. The SMILES string of the molecule is C=C(C)CCc1c(C=Cc2ccccc2)cc(O)cc1OC. The second kappa shape index (κ2) is 7.51. The van der Waals surface area contributed by atoms with Crippen LogP contribution in [-0.2, 0) is 6.42 Å². The highest BCUT2D eigenvalue weighted by molar-refractivity contribution is 5.73. The molecule has 0 saturated carbocycles. The molecule has 2 heteroatoms. The first kappa shape index (κ1) is 15.9. The van der Waals surface area contributed by atoms with Crippen LogP contribution in [0.25, 0.3) is 12.2 Å². The van der Waals surface area contributed by atoms with E-state index in [9.17, 15) is 5.11 Å².